The molecule has 0 N–H and O–H groups in total. The van der Waals surface area contributed by atoms with Crippen molar-refractivity contribution in [2.75, 3.05) is 31.1 Å². The number of carbonyl (C=O) groups is 1. The highest BCUT2D eigenvalue weighted by Gasteiger charge is 2.24. The van der Waals surface area contributed by atoms with E-state index in [2.05, 4.69) is 9.88 Å². The van der Waals surface area contributed by atoms with Crippen LogP contribution in [-0.4, -0.2) is 46.5 Å². The molecule has 0 bridgehead atoms. The normalized spacial score (nSPS) is 14.9. The van der Waals surface area contributed by atoms with Crippen molar-refractivity contribution in [2.24, 2.45) is 7.05 Å². The van der Waals surface area contributed by atoms with Crippen molar-refractivity contribution in [2.45, 2.75) is 6.92 Å². The molecule has 3 heterocycles. The molecule has 2 aromatic heterocycles. The van der Waals surface area contributed by atoms with Gasteiger partial charge < -0.3 is 14.4 Å². The van der Waals surface area contributed by atoms with Gasteiger partial charge in [0.1, 0.15) is 5.56 Å². The van der Waals surface area contributed by atoms with Crippen LogP contribution >= 0.6 is 0 Å². The third kappa shape index (κ3) is 3.11. The number of rotatable bonds is 2. The summed E-state index contributed by atoms with van der Waals surface area (Å²) in [6, 6.07) is 5.43. The lowest BCUT2D eigenvalue weighted by molar-refractivity contribution is 0.0744. The van der Waals surface area contributed by atoms with Crippen molar-refractivity contribution in [3.8, 4) is 0 Å². The van der Waals surface area contributed by atoms with Crippen LogP contribution in [0.15, 0.2) is 41.6 Å². The Bertz CT molecular complexity index is 762. The number of piperazine rings is 1. The Kier molecular flexibility index (Phi) is 4.14. The number of aryl methyl sites for hydroxylation is 2. The molecule has 0 aromatic carbocycles. The smallest absolute Gasteiger partial charge is 0.259 e. The highest BCUT2D eigenvalue weighted by atomic mass is 16.2. The molecule has 23 heavy (non-hydrogen) atoms. The lowest BCUT2D eigenvalue weighted by Gasteiger charge is -2.35. The van der Waals surface area contributed by atoms with Gasteiger partial charge in [0.15, 0.2) is 5.43 Å². The molecule has 1 amide bonds. The first kappa shape index (κ1) is 15.3. The number of anilines is 1. The van der Waals surface area contributed by atoms with E-state index >= 15 is 0 Å². The molecule has 6 heteroatoms. The lowest BCUT2D eigenvalue weighted by atomic mass is 10.2. The van der Waals surface area contributed by atoms with Crippen LogP contribution < -0.4 is 10.3 Å². The number of nitrogens with zero attached hydrogens (tertiary/aromatic N) is 4. The lowest BCUT2D eigenvalue weighted by Crippen LogP contribution is -2.49. The second-order valence-electron chi connectivity index (χ2n) is 5.79. The van der Waals surface area contributed by atoms with Gasteiger partial charge in [0.25, 0.3) is 5.91 Å². The van der Waals surface area contributed by atoms with Crippen molar-refractivity contribution in [1.29, 1.82) is 0 Å². The van der Waals surface area contributed by atoms with E-state index in [-0.39, 0.29) is 16.9 Å². The summed E-state index contributed by atoms with van der Waals surface area (Å²) in [7, 11) is 1.84. The van der Waals surface area contributed by atoms with Crippen LogP contribution in [0.25, 0.3) is 0 Å². The molecule has 0 radical (unpaired) electrons. The van der Waals surface area contributed by atoms with E-state index in [4.69, 9.17) is 0 Å². The van der Waals surface area contributed by atoms with Gasteiger partial charge in [-0.15, -0.1) is 0 Å². The number of hydrogen-bond donors (Lipinski definition) is 0. The predicted octanol–water partition coefficient (Wildman–Crippen LogP) is 1.05. The van der Waals surface area contributed by atoms with E-state index in [0.29, 0.717) is 13.1 Å². The molecule has 3 rings (SSSR count). The molecule has 1 aliphatic heterocycles. The minimum Gasteiger partial charge on any atom is -0.367 e. The molecule has 1 fully saturated rings. The van der Waals surface area contributed by atoms with Crippen LogP contribution in [0.1, 0.15) is 16.1 Å². The van der Waals surface area contributed by atoms with E-state index in [1.54, 1.807) is 21.9 Å². The zero-order valence-corrected chi connectivity index (χ0v) is 13.4. The molecule has 0 atom stereocenters. The number of aromatic nitrogens is 2. The summed E-state index contributed by atoms with van der Waals surface area (Å²) < 4.78 is 1.81. The van der Waals surface area contributed by atoms with Gasteiger partial charge in [0.2, 0.25) is 0 Å². The van der Waals surface area contributed by atoms with Crippen LogP contribution in [0.4, 0.5) is 5.69 Å². The second-order valence-corrected chi connectivity index (χ2v) is 5.79. The Morgan fingerprint density at radius 2 is 1.96 bits per heavy atom. The van der Waals surface area contributed by atoms with E-state index in [0.717, 1.165) is 24.5 Å². The molecule has 1 aliphatic rings. The van der Waals surface area contributed by atoms with Gasteiger partial charge in [-0.3, -0.25) is 14.6 Å². The van der Waals surface area contributed by atoms with Crippen molar-refractivity contribution >= 4 is 11.6 Å². The zero-order chi connectivity index (χ0) is 16.4. The Morgan fingerprint density at radius 1 is 1.22 bits per heavy atom. The fourth-order valence-corrected chi connectivity index (χ4v) is 2.77. The second kappa shape index (κ2) is 6.24. The van der Waals surface area contributed by atoms with E-state index in [1.165, 1.54) is 6.07 Å². The summed E-state index contributed by atoms with van der Waals surface area (Å²) in [6.45, 7) is 4.53. The molecular weight excluding hydrogens is 292 g/mol. The average Bonchev–Trinajstić information content (AvgIpc) is 2.58. The van der Waals surface area contributed by atoms with Gasteiger partial charge in [-0.05, 0) is 19.1 Å². The fourth-order valence-electron chi connectivity index (χ4n) is 2.77. The van der Waals surface area contributed by atoms with Crippen LogP contribution in [0.2, 0.25) is 0 Å². The first-order chi connectivity index (χ1) is 11.1. The van der Waals surface area contributed by atoms with Crippen molar-refractivity contribution in [3.05, 3.63) is 58.3 Å². The number of hydrogen-bond acceptors (Lipinski definition) is 4. The molecule has 0 unspecified atom stereocenters. The molecule has 0 saturated carbocycles. The van der Waals surface area contributed by atoms with Crippen molar-refractivity contribution < 1.29 is 4.79 Å². The number of pyridine rings is 2. The van der Waals surface area contributed by atoms with E-state index in [9.17, 15) is 9.59 Å². The van der Waals surface area contributed by atoms with Gasteiger partial charge in [-0.2, -0.15) is 0 Å². The quantitative estimate of drug-likeness (QED) is 0.832. The molecule has 120 valence electrons. The van der Waals surface area contributed by atoms with Crippen LogP contribution in [-0.2, 0) is 7.05 Å². The SMILES string of the molecule is Cc1cc(=O)c(C(=O)N2CCN(c3cccnc3)CC2)cn1C. The standard InChI is InChI=1S/C17H20N4O2/c1-13-10-16(22)15(12-19(13)2)17(23)21-8-6-20(7-9-21)14-4-3-5-18-11-14/h3-5,10-12H,6-9H2,1-2H3. The van der Waals surface area contributed by atoms with Gasteiger partial charge in [-0.25, -0.2) is 0 Å². The minimum atomic E-state index is -0.208. The highest BCUT2D eigenvalue weighted by Crippen LogP contribution is 2.15. The summed E-state index contributed by atoms with van der Waals surface area (Å²) >= 11 is 0. The average molecular weight is 312 g/mol. The minimum absolute atomic E-state index is 0.184. The Hall–Kier alpha value is -2.63. The molecule has 6 nitrogen and oxygen atoms in total. The summed E-state index contributed by atoms with van der Waals surface area (Å²) in [5, 5.41) is 0. The fraction of sp³-hybridized carbons (Fsp3) is 0.353. The van der Waals surface area contributed by atoms with Gasteiger partial charge >= 0.3 is 0 Å². The Morgan fingerprint density at radius 3 is 2.61 bits per heavy atom. The van der Waals surface area contributed by atoms with Gasteiger partial charge in [0.05, 0.1) is 11.9 Å². The zero-order valence-electron chi connectivity index (χ0n) is 13.4. The maximum Gasteiger partial charge on any atom is 0.259 e. The maximum absolute atomic E-state index is 12.6. The predicted molar refractivity (Wildman–Crippen MR) is 88.8 cm³/mol. The van der Waals surface area contributed by atoms with Crippen molar-refractivity contribution in [3.63, 3.8) is 0 Å². The van der Waals surface area contributed by atoms with Crippen LogP contribution in [0.3, 0.4) is 0 Å². The summed E-state index contributed by atoms with van der Waals surface area (Å²) in [5.74, 6) is -0.184. The third-order valence-corrected chi connectivity index (χ3v) is 4.29. The first-order valence-electron chi connectivity index (χ1n) is 7.68. The first-order valence-corrected chi connectivity index (χ1v) is 7.68. The maximum atomic E-state index is 12.6. The van der Waals surface area contributed by atoms with E-state index in [1.807, 2.05) is 32.3 Å². The van der Waals surface area contributed by atoms with Crippen LogP contribution in [0.5, 0.6) is 0 Å². The van der Waals surface area contributed by atoms with Crippen LogP contribution in [0, 0.1) is 6.92 Å². The molecular formula is C17H20N4O2. The molecule has 0 aliphatic carbocycles. The summed E-state index contributed by atoms with van der Waals surface area (Å²) in [5.41, 5.74) is 1.94. The summed E-state index contributed by atoms with van der Waals surface area (Å²) in [4.78, 5) is 32.8. The monoisotopic (exact) mass is 312 g/mol. The molecule has 1 saturated heterocycles. The summed E-state index contributed by atoms with van der Waals surface area (Å²) in [6.07, 6.45) is 5.21. The van der Waals surface area contributed by atoms with Crippen molar-refractivity contribution in [1.82, 2.24) is 14.5 Å². The molecule has 2 aromatic rings. The van der Waals surface area contributed by atoms with E-state index < -0.39 is 0 Å². The Labute approximate surface area is 135 Å². The van der Waals surface area contributed by atoms with Gasteiger partial charge in [0, 0.05) is 57.4 Å². The third-order valence-electron chi connectivity index (χ3n) is 4.29. The number of amides is 1. The highest BCUT2D eigenvalue weighted by molar-refractivity contribution is 5.94. The molecule has 0 spiro atoms. The largest absolute Gasteiger partial charge is 0.367 e. The number of carbonyl (C=O) groups excluding carboxylic acids is 1. The topological polar surface area (TPSA) is 58.4 Å². The van der Waals surface area contributed by atoms with Gasteiger partial charge in [-0.1, -0.05) is 0 Å². The Balaban J connectivity index is 1.72.